The van der Waals surface area contributed by atoms with Crippen LogP contribution in [0.3, 0.4) is 0 Å². The minimum absolute atomic E-state index is 0.0554. The Morgan fingerprint density at radius 2 is 1.94 bits per heavy atom. The number of piperidine rings is 1. The summed E-state index contributed by atoms with van der Waals surface area (Å²) in [5.74, 6) is 1.19. The monoisotopic (exact) mass is 420 g/mol. The molecule has 2 amide bonds. The van der Waals surface area contributed by atoms with Crippen molar-refractivity contribution in [3.63, 3.8) is 0 Å². The molecule has 162 valence electrons. The zero-order chi connectivity index (χ0) is 21.5. The molecular weight excluding hydrogens is 392 g/mol. The van der Waals surface area contributed by atoms with E-state index in [1.807, 2.05) is 47.4 Å². The van der Waals surface area contributed by atoms with Gasteiger partial charge in [0.25, 0.3) is 5.89 Å². The maximum absolute atomic E-state index is 12.6. The van der Waals surface area contributed by atoms with Crippen LogP contribution in [0, 0.1) is 6.92 Å². The average molecular weight is 421 g/mol. The van der Waals surface area contributed by atoms with E-state index in [9.17, 15) is 4.79 Å². The lowest BCUT2D eigenvalue weighted by atomic mass is 9.98. The molecule has 0 saturated carbocycles. The van der Waals surface area contributed by atoms with Crippen LogP contribution in [0.15, 0.2) is 59.1 Å². The molecule has 2 heterocycles. The molecule has 1 aliphatic heterocycles. The summed E-state index contributed by atoms with van der Waals surface area (Å²) < 4.78 is 11.0. The molecule has 1 aromatic heterocycles. The van der Waals surface area contributed by atoms with Crippen molar-refractivity contribution in [2.45, 2.75) is 45.4 Å². The number of urea groups is 1. The fourth-order valence-corrected chi connectivity index (χ4v) is 3.69. The summed E-state index contributed by atoms with van der Waals surface area (Å²) in [4.78, 5) is 19.0. The predicted molar refractivity (Wildman–Crippen MR) is 116 cm³/mol. The number of amides is 2. The van der Waals surface area contributed by atoms with E-state index in [0.29, 0.717) is 31.4 Å². The van der Waals surface area contributed by atoms with Crippen LogP contribution < -0.4 is 5.32 Å². The highest BCUT2D eigenvalue weighted by Crippen LogP contribution is 2.25. The number of carbonyl (C=O) groups excluding carboxylic acids is 1. The average Bonchev–Trinajstić information content (AvgIpc) is 3.28. The van der Waals surface area contributed by atoms with Crippen LogP contribution in [0.1, 0.15) is 47.2 Å². The standard InChI is InChI=1S/C24H28N4O3/c1-18-9-11-19(12-10-18)14-25-24(29)28-13-5-8-21(15-28)23-26-22(31-27-23)17-30-16-20-6-3-2-4-7-20/h2-4,6-7,9-12,21H,5,8,13-17H2,1H3,(H,25,29). The zero-order valence-corrected chi connectivity index (χ0v) is 17.8. The third-order valence-electron chi connectivity index (χ3n) is 5.46. The van der Waals surface area contributed by atoms with Crippen LogP contribution in [-0.2, 0) is 24.5 Å². The second-order valence-corrected chi connectivity index (χ2v) is 7.95. The van der Waals surface area contributed by atoms with E-state index in [-0.39, 0.29) is 18.6 Å². The fourth-order valence-electron chi connectivity index (χ4n) is 3.69. The highest BCUT2D eigenvalue weighted by atomic mass is 16.5. The summed E-state index contributed by atoms with van der Waals surface area (Å²) in [5.41, 5.74) is 3.39. The van der Waals surface area contributed by atoms with Crippen molar-refractivity contribution in [3.8, 4) is 0 Å². The molecule has 1 unspecified atom stereocenters. The van der Waals surface area contributed by atoms with Gasteiger partial charge in [-0.15, -0.1) is 0 Å². The highest BCUT2D eigenvalue weighted by molar-refractivity contribution is 5.74. The van der Waals surface area contributed by atoms with Gasteiger partial charge < -0.3 is 19.5 Å². The van der Waals surface area contributed by atoms with Gasteiger partial charge in [0.2, 0.25) is 0 Å². The second-order valence-electron chi connectivity index (χ2n) is 7.95. The van der Waals surface area contributed by atoms with Crippen molar-refractivity contribution < 1.29 is 14.1 Å². The molecule has 2 aromatic carbocycles. The lowest BCUT2D eigenvalue weighted by molar-refractivity contribution is 0.0850. The van der Waals surface area contributed by atoms with Crippen molar-refractivity contribution in [3.05, 3.63) is 83.0 Å². The lowest BCUT2D eigenvalue weighted by Crippen LogP contribution is -2.44. The van der Waals surface area contributed by atoms with E-state index in [1.165, 1.54) is 5.56 Å². The van der Waals surface area contributed by atoms with Gasteiger partial charge in [0.1, 0.15) is 6.61 Å². The minimum atomic E-state index is -0.0554. The van der Waals surface area contributed by atoms with E-state index in [0.717, 1.165) is 30.5 Å². The first-order valence-corrected chi connectivity index (χ1v) is 10.7. The first kappa shape index (κ1) is 21.1. The lowest BCUT2D eigenvalue weighted by Gasteiger charge is -2.31. The van der Waals surface area contributed by atoms with Gasteiger partial charge in [-0.25, -0.2) is 4.79 Å². The Morgan fingerprint density at radius 1 is 1.13 bits per heavy atom. The first-order valence-electron chi connectivity index (χ1n) is 10.7. The molecule has 31 heavy (non-hydrogen) atoms. The maximum atomic E-state index is 12.6. The Bertz CT molecular complexity index is 972. The molecule has 1 N–H and O–H groups in total. The van der Waals surface area contributed by atoms with E-state index >= 15 is 0 Å². The Balaban J connectivity index is 1.26. The van der Waals surface area contributed by atoms with Crippen molar-refractivity contribution >= 4 is 6.03 Å². The normalized spacial score (nSPS) is 16.3. The Labute approximate surface area is 182 Å². The minimum Gasteiger partial charge on any atom is -0.367 e. The van der Waals surface area contributed by atoms with Gasteiger partial charge in [0.15, 0.2) is 5.82 Å². The number of hydrogen-bond donors (Lipinski definition) is 1. The van der Waals surface area contributed by atoms with E-state index in [1.54, 1.807) is 0 Å². The summed E-state index contributed by atoms with van der Waals surface area (Å²) in [6, 6.07) is 18.1. The largest absolute Gasteiger partial charge is 0.367 e. The molecule has 1 atom stereocenters. The molecular formula is C24H28N4O3. The number of carbonyl (C=O) groups is 1. The van der Waals surface area contributed by atoms with Crippen LogP contribution in [0.2, 0.25) is 0 Å². The molecule has 0 aliphatic carbocycles. The van der Waals surface area contributed by atoms with Crippen LogP contribution in [0.4, 0.5) is 4.79 Å². The van der Waals surface area contributed by atoms with E-state index in [4.69, 9.17) is 9.26 Å². The Morgan fingerprint density at radius 3 is 2.74 bits per heavy atom. The summed E-state index contributed by atoms with van der Waals surface area (Å²) in [6.07, 6.45) is 1.85. The SMILES string of the molecule is Cc1ccc(CNC(=O)N2CCCC(c3noc(COCc4ccccc4)n3)C2)cc1. The number of likely N-dealkylation sites (tertiary alicyclic amines) is 1. The molecule has 1 fully saturated rings. The van der Waals surface area contributed by atoms with Crippen LogP contribution in [0.5, 0.6) is 0 Å². The van der Waals surface area contributed by atoms with Gasteiger partial charge in [-0.1, -0.05) is 65.3 Å². The molecule has 0 bridgehead atoms. The number of aryl methyl sites for hydroxylation is 1. The Hall–Kier alpha value is -3.19. The molecule has 1 aliphatic rings. The maximum Gasteiger partial charge on any atom is 0.317 e. The number of hydrogen-bond acceptors (Lipinski definition) is 5. The molecule has 0 radical (unpaired) electrons. The van der Waals surface area contributed by atoms with Crippen molar-refractivity contribution in [2.75, 3.05) is 13.1 Å². The van der Waals surface area contributed by atoms with Gasteiger partial charge in [0, 0.05) is 25.6 Å². The number of benzene rings is 2. The summed E-state index contributed by atoms with van der Waals surface area (Å²) in [7, 11) is 0. The third kappa shape index (κ3) is 5.92. The van der Waals surface area contributed by atoms with Crippen molar-refractivity contribution in [1.82, 2.24) is 20.4 Å². The van der Waals surface area contributed by atoms with Crippen LogP contribution in [-0.4, -0.2) is 34.2 Å². The summed E-state index contributed by atoms with van der Waals surface area (Å²) in [6.45, 7) is 4.66. The van der Waals surface area contributed by atoms with Crippen molar-refractivity contribution in [2.24, 2.45) is 0 Å². The zero-order valence-electron chi connectivity index (χ0n) is 17.8. The van der Waals surface area contributed by atoms with Gasteiger partial charge in [-0.2, -0.15) is 4.98 Å². The number of rotatable bonds is 7. The van der Waals surface area contributed by atoms with E-state index < -0.39 is 0 Å². The number of nitrogens with zero attached hydrogens (tertiary/aromatic N) is 3. The molecule has 4 rings (SSSR count). The smallest absolute Gasteiger partial charge is 0.317 e. The molecule has 3 aromatic rings. The van der Waals surface area contributed by atoms with Crippen LogP contribution in [0.25, 0.3) is 0 Å². The Kier molecular flexibility index (Phi) is 6.94. The number of aromatic nitrogens is 2. The number of nitrogens with one attached hydrogen (secondary N) is 1. The summed E-state index contributed by atoms with van der Waals surface area (Å²) in [5, 5.41) is 7.15. The second kappa shape index (κ2) is 10.2. The molecule has 7 nitrogen and oxygen atoms in total. The van der Waals surface area contributed by atoms with Gasteiger partial charge >= 0.3 is 6.03 Å². The topological polar surface area (TPSA) is 80.5 Å². The van der Waals surface area contributed by atoms with Gasteiger partial charge in [0.05, 0.1) is 6.61 Å². The molecule has 0 spiro atoms. The third-order valence-corrected chi connectivity index (χ3v) is 5.46. The predicted octanol–water partition coefficient (Wildman–Crippen LogP) is 4.18. The van der Waals surface area contributed by atoms with Gasteiger partial charge in [-0.3, -0.25) is 0 Å². The van der Waals surface area contributed by atoms with Crippen molar-refractivity contribution in [1.29, 1.82) is 0 Å². The summed E-state index contributed by atoms with van der Waals surface area (Å²) >= 11 is 0. The molecule has 7 heteroatoms. The van der Waals surface area contributed by atoms with E-state index in [2.05, 4.69) is 34.5 Å². The first-order chi connectivity index (χ1) is 15.2. The quantitative estimate of drug-likeness (QED) is 0.620. The fraction of sp³-hybridized carbons (Fsp3) is 0.375. The van der Waals surface area contributed by atoms with Gasteiger partial charge in [-0.05, 0) is 30.9 Å². The molecule has 1 saturated heterocycles. The highest BCUT2D eigenvalue weighted by Gasteiger charge is 2.28. The number of ether oxygens (including phenoxy) is 1. The van der Waals surface area contributed by atoms with Crippen LogP contribution >= 0.6 is 0 Å².